The van der Waals surface area contributed by atoms with Crippen LogP contribution in [0.5, 0.6) is 0 Å². The third-order valence-electron chi connectivity index (χ3n) is 4.25. The molecule has 0 aliphatic heterocycles. The number of pyridine rings is 2. The zero-order chi connectivity index (χ0) is 19.5. The summed E-state index contributed by atoms with van der Waals surface area (Å²) in [5, 5.41) is 6.66. The zero-order valence-corrected chi connectivity index (χ0v) is 15.1. The highest BCUT2D eigenvalue weighted by Crippen LogP contribution is 2.31. The molecule has 0 atom stereocenters. The third kappa shape index (κ3) is 3.30. The minimum atomic E-state index is -0.287. The summed E-state index contributed by atoms with van der Waals surface area (Å²) < 4.78 is 0. The van der Waals surface area contributed by atoms with Gasteiger partial charge in [0.15, 0.2) is 0 Å². The Morgan fingerprint density at radius 1 is 1.11 bits per heavy atom. The van der Waals surface area contributed by atoms with Gasteiger partial charge in [0.2, 0.25) is 5.91 Å². The van der Waals surface area contributed by atoms with E-state index >= 15 is 0 Å². The van der Waals surface area contributed by atoms with E-state index in [0.717, 1.165) is 39.2 Å². The van der Waals surface area contributed by atoms with E-state index in [1.165, 1.54) is 12.4 Å². The van der Waals surface area contributed by atoms with Gasteiger partial charge in [-0.3, -0.25) is 9.78 Å². The largest absolute Gasteiger partial charge is 0.373 e. The van der Waals surface area contributed by atoms with E-state index in [0.29, 0.717) is 5.69 Å². The average molecular weight is 371 g/mol. The molecule has 0 saturated heterocycles. The summed E-state index contributed by atoms with van der Waals surface area (Å²) >= 11 is 0. The Balaban J connectivity index is 1.77. The second kappa shape index (κ2) is 7.28. The van der Waals surface area contributed by atoms with E-state index in [9.17, 15) is 4.79 Å². The van der Waals surface area contributed by atoms with Crippen LogP contribution in [0.3, 0.4) is 0 Å². The van der Waals surface area contributed by atoms with Gasteiger partial charge in [-0.05, 0) is 18.2 Å². The van der Waals surface area contributed by atoms with Crippen molar-refractivity contribution in [3.05, 3.63) is 62.0 Å². The second-order valence-electron chi connectivity index (χ2n) is 6.02. The van der Waals surface area contributed by atoms with Crippen molar-refractivity contribution in [2.75, 3.05) is 17.7 Å². The summed E-state index contributed by atoms with van der Waals surface area (Å²) in [4.78, 5) is 31.9. The molecule has 0 unspecified atom stereocenters. The fourth-order valence-corrected chi connectivity index (χ4v) is 2.87. The lowest BCUT2D eigenvalue weighted by molar-refractivity contribution is -0.111. The van der Waals surface area contributed by atoms with Crippen LogP contribution in [0.25, 0.3) is 33.4 Å². The van der Waals surface area contributed by atoms with Crippen LogP contribution >= 0.6 is 0 Å². The second-order valence-corrected chi connectivity index (χ2v) is 6.02. The summed E-state index contributed by atoms with van der Waals surface area (Å²) in [5.41, 5.74) is 4.76. The molecule has 28 heavy (non-hydrogen) atoms. The number of carbonyl (C=O) groups is 1. The summed E-state index contributed by atoms with van der Waals surface area (Å²) in [6.45, 7) is 3.46. The molecule has 8 heteroatoms. The highest BCUT2D eigenvalue weighted by atomic mass is 16.1. The molecule has 0 aliphatic rings. The van der Waals surface area contributed by atoms with Crippen molar-refractivity contribution in [2.45, 2.75) is 0 Å². The van der Waals surface area contributed by atoms with Gasteiger partial charge in [0.1, 0.15) is 17.8 Å². The molecule has 0 aromatic carbocycles. The van der Waals surface area contributed by atoms with Crippen molar-refractivity contribution >= 4 is 28.4 Å². The molecule has 0 saturated carbocycles. The van der Waals surface area contributed by atoms with Gasteiger partial charge < -0.3 is 15.6 Å². The monoisotopic (exact) mass is 371 g/mol. The Hall–Kier alpha value is -4.07. The lowest BCUT2D eigenvalue weighted by Crippen LogP contribution is -2.07. The number of aromatic nitrogens is 5. The van der Waals surface area contributed by atoms with Crippen LogP contribution in [-0.2, 0) is 4.79 Å². The predicted molar refractivity (Wildman–Crippen MR) is 109 cm³/mol. The number of nitrogens with zero attached hydrogens (tertiary/aromatic N) is 4. The fraction of sp³-hybridized carbons (Fsp3) is 0.0500. The molecular formula is C20H17N7O. The quantitative estimate of drug-likeness (QED) is 0.465. The Labute approximate surface area is 160 Å². The lowest BCUT2D eigenvalue weighted by atomic mass is 10.1. The maximum atomic E-state index is 11.5. The van der Waals surface area contributed by atoms with Crippen molar-refractivity contribution in [2.24, 2.45) is 0 Å². The van der Waals surface area contributed by atoms with Gasteiger partial charge in [0.25, 0.3) is 0 Å². The normalized spacial score (nSPS) is 10.6. The van der Waals surface area contributed by atoms with Crippen molar-refractivity contribution in [3.63, 3.8) is 0 Å². The van der Waals surface area contributed by atoms with Gasteiger partial charge in [0.05, 0.1) is 17.6 Å². The summed E-state index contributed by atoms with van der Waals surface area (Å²) in [5.74, 6) is 0.447. The number of hydrogen-bond acceptors (Lipinski definition) is 6. The maximum absolute atomic E-state index is 11.5. The Morgan fingerprint density at radius 2 is 1.96 bits per heavy atom. The molecule has 138 valence electrons. The molecule has 4 heterocycles. The third-order valence-corrected chi connectivity index (χ3v) is 4.25. The molecule has 0 bridgehead atoms. The molecule has 0 fully saturated rings. The van der Waals surface area contributed by atoms with Gasteiger partial charge in [-0.15, -0.1) is 0 Å². The predicted octanol–water partition coefficient (Wildman–Crippen LogP) is 3.25. The van der Waals surface area contributed by atoms with Crippen LogP contribution < -0.4 is 10.6 Å². The van der Waals surface area contributed by atoms with E-state index in [-0.39, 0.29) is 5.91 Å². The number of rotatable bonds is 5. The minimum absolute atomic E-state index is 0.287. The first kappa shape index (κ1) is 17.3. The van der Waals surface area contributed by atoms with Crippen LogP contribution in [0.4, 0.5) is 11.5 Å². The van der Waals surface area contributed by atoms with Crippen molar-refractivity contribution < 1.29 is 4.79 Å². The Morgan fingerprint density at radius 3 is 2.79 bits per heavy atom. The van der Waals surface area contributed by atoms with Gasteiger partial charge in [0, 0.05) is 53.8 Å². The Kier molecular flexibility index (Phi) is 4.51. The molecule has 1 amide bonds. The number of fused-ring (bicyclic) bond motifs is 1. The topological polar surface area (TPSA) is 108 Å². The van der Waals surface area contributed by atoms with Crippen molar-refractivity contribution in [3.8, 4) is 22.4 Å². The molecule has 8 nitrogen and oxygen atoms in total. The fourth-order valence-electron chi connectivity index (χ4n) is 2.87. The van der Waals surface area contributed by atoms with Crippen molar-refractivity contribution in [1.29, 1.82) is 0 Å². The number of aromatic amines is 1. The highest BCUT2D eigenvalue weighted by molar-refractivity contribution is 5.99. The van der Waals surface area contributed by atoms with Gasteiger partial charge in [-0.2, -0.15) is 0 Å². The number of H-pyrrole nitrogens is 1. The van der Waals surface area contributed by atoms with E-state index < -0.39 is 0 Å². The number of amides is 1. The number of anilines is 2. The SMILES string of the molecule is C=CC(=O)Nc1cncc(-c2cnc3[nH]cc(-c4cc(NC)ncn4)c3c2)c1. The first-order valence-corrected chi connectivity index (χ1v) is 8.54. The standard InChI is InChI=1S/C20H17N7O/c1-3-19(28)27-14-4-12(7-22-9-14)13-5-15-16(10-24-20(15)23-8-13)17-6-18(21-2)26-11-25-17/h3-11H,1H2,2H3,(H,23,24)(H,27,28)(H,21,25,26). The van der Waals surface area contributed by atoms with Gasteiger partial charge >= 0.3 is 0 Å². The number of carbonyl (C=O) groups excluding carboxylic acids is 1. The maximum Gasteiger partial charge on any atom is 0.247 e. The smallest absolute Gasteiger partial charge is 0.247 e. The van der Waals surface area contributed by atoms with E-state index in [2.05, 4.69) is 42.1 Å². The first-order valence-electron chi connectivity index (χ1n) is 8.54. The molecule has 4 aromatic heterocycles. The highest BCUT2D eigenvalue weighted by Gasteiger charge is 2.11. The van der Waals surface area contributed by atoms with Crippen LogP contribution in [0, 0.1) is 0 Å². The molecule has 0 spiro atoms. The van der Waals surface area contributed by atoms with Gasteiger partial charge in [-0.25, -0.2) is 15.0 Å². The lowest BCUT2D eigenvalue weighted by Gasteiger charge is -2.06. The summed E-state index contributed by atoms with van der Waals surface area (Å²) in [6, 6.07) is 5.74. The minimum Gasteiger partial charge on any atom is -0.373 e. The number of nitrogens with one attached hydrogen (secondary N) is 3. The van der Waals surface area contributed by atoms with Crippen LogP contribution in [0.1, 0.15) is 0 Å². The zero-order valence-electron chi connectivity index (χ0n) is 15.1. The van der Waals surface area contributed by atoms with E-state index in [1.807, 2.05) is 31.4 Å². The van der Waals surface area contributed by atoms with E-state index in [1.54, 1.807) is 18.6 Å². The molecule has 4 aromatic rings. The molecule has 4 rings (SSSR count). The first-order chi connectivity index (χ1) is 13.7. The van der Waals surface area contributed by atoms with Crippen molar-refractivity contribution in [1.82, 2.24) is 24.9 Å². The molecule has 0 radical (unpaired) electrons. The van der Waals surface area contributed by atoms with Crippen LogP contribution in [0.2, 0.25) is 0 Å². The molecular weight excluding hydrogens is 354 g/mol. The van der Waals surface area contributed by atoms with Crippen LogP contribution in [-0.4, -0.2) is 37.9 Å². The summed E-state index contributed by atoms with van der Waals surface area (Å²) in [6.07, 6.45) is 9.68. The van der Waals surface area contributed by atoms with Gasteiger partial charge in [-0.1, -0.05) is 6.58 Å². The summed E-state index contributed by atoms with van der Waals surface area (Å²) in [7, 11) is 1.81. The Bertz CT molecular complexity index is 1180. The van der Waals surface area contributed by atoms with E-state index in [4.69, 9.17) is 0 Å². The molecule has 3 N–H and O–H groups in total. The number of hydrogen-bond donors (Lipinski definition) is 3. The van der Waals surface area contributed by atoms with Crippen LogP contribution in [0.15, 0.2) is 62.0 Å². The molecule has 0 aliphatic carbocycles. The average Bonchev–Trinajstić information content (AvgIpc) is 3.17.